The zero-order chi connectivity index (χ0) is 9.68. The number of nitrogens with zero attached hydrogens (tertiary/aromatic N) is 1. The van der Waals surface area contributed by atoms with Crippen molar-refractivity contribution in [3.05, 3.63) is 24.0 Å². The van der Waals surface area contributed by atoms with Crippen molar-refractivity contribution in [1.29, 1.82) is 0 Å². The lowest BCUT2D eigenvalue weighted by Crippen LogP contribution is -2.06. The van der Waals surface area contributed by atoms with Gasteiger partial charge in [0, 0.05) is 17.1 Å². The van der Waals surface area contributed by atoms with E-state index in [9.17, 15) is 0 Å². The summed E-state index contributed by atoms with van der Waals surface area (Å²) in [5.74, 6) is 1.15. The van der Waals surface area contributed by atoms with Crippen molar-refractivity contribution in [3.63, 3.8) is 0 Å². The standard InChI is InChI=1S/C10H16N2S/c1-3-6-13-9-4-5-10(8(2)11)12-7-9/h4-5,7-8H,3,6,11H2,1-2H3/t8-/m0/s1. The minimum atomic E-state index is 0.0326. The second-order valence-corrected chi connectivity index (χ2v) is 4.22. The van der Waals surface area contributed by atoms with Crippen LogP contribution in [0, 0.1) is 0 Å². The van der Waals surface area contributed by atoms with Crippen LogP contribution in [-0.2, 0) is 0 Å². The predicted octanol–water partition coefficient (Wildman–Crippen LogP) is 2.60. The van der Waals surface area contributed by atoms with Gasteiger partial charge in [0.25, 0.3) is 0 Å². The van der Waals surface area contributed by atoms with E-state index >= 15 is 0 Å². The molecule has 1 aromatic heterocycles. The molecule has 0 aliphatic rings. The third kappa shape index (κ3) is 3.36. The molecule has 0 spiro atoms. The van der Waals surface area contributed by atoms with Gasteiger partial charge in [0.05, 0.1) is 5.69 Å². The molecule has 0 saturated heterocycles. The van der Waals surface area contributed by atoms with Crippen LogP contribution in [0.5, 0.6) is 0 Å². The Morgan fingerprint density at radius 1 is 1.54 bits per heavy atom. The molecule has 1 aromatic rings. The summed E-state index contributed by atoms with van der Waals surface area (Å²) in [7, 11) is 0. The molecule has 1 atom stereocenters. The maximum absolute atomic E-state index is 5.69. The van der Waals surface area contributed by atoms with Crippen molar-refractivity contribution >= 4 is 11.8 Å². The highest BCUT2D eigenvalue weighted by atomic mass is 32.2. The zero-order valence-electron chi connectivity index (χ0n) is 8.16. The van der Waals surface area contributed by atoms with Gasteiger partial charge >= 0.3 is 0 Å². The number of rotatable bonds is 4. The number of hydrogen-bond donors (Lipinski definition) is 1. The second-order valence-electron chi connectivity index (χ2n) is 3.06. The van der Waals surface area contributed by atoms with Crippen LogP contribution in [-0.4, -0.2) is 10.7 Å². The largest absolute Gasteiger partial charge is 0.323 e. The van der Waals surface area contributed by atoms with Gasteiger partial charge in [-0.25, -0.2) is 0 Å². The van der Waals surface area contributed by atoms with E-state index < -0.39 is 0 Å². The van der Waals surface area contributed by atoms with Gasteiger partial charge in [-0.05, 0) is 31.2 Å². The van der Waals surface area contributed by atoms with Crippen LogP contribution in [0.4, 0.5) is 0 Å². The zero-order valence-corrected chi connectivity index (χ0v) is 8.97. The van der Waals surface area contributed by atoms with Gasteiger partial charge in [-0.2, -0.15) is 0 Å². The van der Waals surface area contributed by atoms with E-state index in [1.807, 2.05) is 30.9 Å². The quantitative estimate of drug-likeness (QED) is 0.752. The van der Waals surface area contributed by atoms with E-state index in [1.165, 1.54) is 11.3 Å². The summed E-state index contributed by atoms with van der Waals surface area (Å²) < 4.78 is 0. The minimum Gasteiger partial charge on any atom is -0.323 e. The van der Waals surface area contributed by atoms with Crippen LogP contribution < -0.4 is 5.73 Å². The minimum absolute atomic E-state index is 0.0326. The first-order valence-electron chi connectivity index (χ1n) is 4.58. The lowest BCUT2D eigenvalue weighted by Gasteiger charge is -2.04. The van der Waals surface area contributed by atoms with Crippen LogP contribution in [0.25, 0.3) is 0 Å². The fourth-order valence-electron chi connectivity index (χ4n) is 0.966. The fraction of sp³-hybridized carbons (Fsp3) is 0.500. The van der Waals surface area contributed by atoms with Crippen LogP contribution >= 0.6 is 11.8 Å². The van der Waals surface area contributed by atoms with E-state index in [2.05, 4.69) is 18.0 Å². The third-order valence-electron chi connectivity index (χ3n) is 1.70. The summed E-state index contributed by atoms with van der Waals surface area (Å²) in [5, 5.41) is 0. The Morgan fingerprint density at radius 3 is 2.77 bits per heavy atom. The topological polar surface area (TPSA) is 38.9 Å². The summed E-state index contributed by atoms with van der Waals surface area (Å²) >= 11 is 1.84. The Hall–Kier alpha value is -0.540. The lowest BCUT2D eigenvalue weighted by molar-refractivity contribution is 0.777. The average Bonchev–Trinajstić information content (AvgIpc) is 2.15. The summed E-state index contributed by atoms with van der Waals surface area (Å²) in [6.45, 7) is 4.12. The first-order chi connectivity index (χ1) is 6.24. The van der Waals surface area contributed by atoms with Gasteiger partial charge in [0.2, 0.25) is 0 Å². The molecular formula is C10H16N2S. The van der Waals surface area contributed by atoms with Crippen molar-refractivity contribution in [2.24, 2.45) is 5.73 Å². The number of pyridine rings is 1. The lowest BCUT2D eigenvalue weighted by atomic mass is 10.2. The monoisotopic (exact) mass is 196 g/mol. The molecule has 0 radical (unpaired) electrons. The Morgan fingerprint density at radius 2 is 2.31 bits per heavy atom. The fourth-order valence-corrected chi connectivity index (χ4v) is 1.70. The molecule has 0 amide bonds. The van der Waals surface area contributed by atoms with E-state index in [-0.39, 0.29) is 6.04 Å². The predicted molar refractivity (Wildman–Crippen MR) is 57.9 cm³/mol. The van der Waals surface area contributed by atoms with E-state index in [1.54, 1.807) is 0 Å². The smallest absolute Gasteiger partial charge is 0.0569 e. The molecule has 2 N–H and O–H groups in total. The van der Waals surface area contributed by atoms with E-state index in [4.69, 9.17) is 5.73 Å². The molecule has 0 saturated carbocycles. The molecule has 2 nitrogen and oxygen atoms in total. The molecule has 3 heteroatoms. The molecule has 0 aliphatic carbocycles. The average molecular weight is 196 g/mol. The Labute approximate surface area is 83.9 Å². The van der Waals surface area contributed by atoms with Crippen LogP contribution in [0.1, 0.15) is 32.0 Å². The molecule has 1 rings (SSSR count). The summed E-state index contributed by atoms with van der Waals surface area (Å²) in [6.07, 6.45) is 3.10. The molecule has 1 heterocycles. The Bertz CT molecular complexity index is 244. The van der Waals surface area contributed by atoms with Crippen LogP contribution in [0.2, 0.25) is 0 Å². The summed E-state index contributed by atoms with van der Waals surface area (Å²) in [4.78, 5) is 5.51. The van der Waals surface area contributed by atoms with Crippen molar-refractivity contribution in [1.82, 2.24) is 4.98 Å². The van der Waals surface area contributed by atoms with E-state index in [0.717, 1.165) is 11.4 Å². The number of hydrogen-bond acceptors (Lipinski definition) is 3. The van der Waals surface area contributed by atoms with Gasteiger partial charge < -0.3 is 5.73 Å². The van der Waals surface area contributed by atoms with Crippen molar-refractivity contribution in [2.75, 3.05) is 5.75 Å². The Balaban J connectivity index is 2.59. The molecule has 0 unspecified atom stereocenters. The van der Waals surface area contributed by atoms with Gasteiger partial charge in [0.15, 0.2) is 0 Å². The van der Waals surface area contributed by atoms with Crippen LogP contribution in [0.15, 0.2) is 23.2 Å². The first kappa shape index (κ1) is 10.5. The normalized spacial score (nSPS) is 12.8. The molecule has 0 aromatic carbocycles. The number of nitrogens with two attached hydrogens (primary N) is 1. The summed E-state index contributed by atoms with van der Waals surface area (Å²) in [5.41, 5.74) is 6.65. The summed E-state index contributed by atoms with van der Waals surface area (Å²) in [6, 6.07) is 4.12. The van der Waals surface area contributed by atoms with Gasteiger partial charge in [-0.1, -0.05) is 6.92 Å². The highest BCUT2D eigenvalue weighted by Gasteiger charge is 2.00. The SMILES string of the molecule is CCCSc1ccc([C@H](C)N)nc1. The van der Waals surface area contributed by atoms with Gasteiger partial charge in [-0.3, -0.25) is 4.98 Å². The maximum atomic E-state index is 5.69. The second kappa shape index (κ2) is 5.25. The highest BCUT2D eigenvalue weighted by molar-refractivity contribution is 7.99. The third-order valence-corrected chi connectivity index (χ3v) is 2.89. The van der Waals surface area contributed by atoms with Crippen molar-refractivity contribution < 1.29 is 0 Å². The number of thioether (sulfide) groups is 1. The maximum Gasteiger partial charge on any atom is 0.0569 e. The molecule has 0 fully saturated rings. The molecule has 72 valence electrons. The van der Waals surface area contributed by atoms with Gasteiger partial charge in [0.1, 0.15) is 0 Å². The molecule has 0 aliphatic heterocycles. The Kier molecular flexibility index (Phi) is 4.25. The van der Waals surface area contributed by atoms with Crippen molar-refractivity contribution in [3.8, 4) is 0 Å². The van der Waals surface area contributed by atoms with Gasteiger partial charge in [-0.15, -0.1) is 11.8 Å². The molecular weight excluding hydrogens is 180 g/mol. The molecule has 13 heavy (non-hydrogen) atoms. The molecule has 0 bridgehead atoms. The highest BCUT2D eigenvalue weighted by Crippen LogP contribution is 2.18. The number of aromatic nitrogens is 1. The first-order valence-corrected chi connectivity index (χ1v) is 5.57. The van der Waals surface area contributed by atoms with Crippen LogP contribution in [0.3, 0.4) is 0 Å². The van der Waals surface area contributed by atoms with E-state index in [0.29, 0.717) is 0 Å². The van der Waals surface area contributed by atoms with Crippen molar-refractivity contribution in [2.45, 2.75) is 31.2 Å².